The first-order chi connectivity index (χ1) is 6.98. The van der Waals surface area contributed by atoms with Crippen molar-refractivity contribution in [2.24, 2.45) is 0 Å². The Bertz CT molecular complexity index is 520. The molecule has 1 aliphatic rings. The minimum atomic E-state index is -3.03. The number of nitriles is 1. The zero-order valence-corrected chi connectivity index (χ0v) is 9.30. The third kappa shape index (κ3) is 1.34. The zero-order chi connectivity index (χ0) is 11.2. The molecule has 1 aliphatic heterocycles. The second kappa shape index (κ2) is 3.22. The average molecular weight is 243 g/mol. The number of allylic oxidation sites excluding steroid dienone is 1. The fraction of sp³-hybridized carbons (Fsp3) is 0.111. The van der Waals surface area contributed by atoms with Crippen LogP contribution < -0.4 is 0 Å². The van der Waals surface area contributed by atoms with Gasteiger partial charge in [0, 0.05) is 11.1 Å². The first-order valence-corrected chi connectivity index (χ1v) is 5.96. The Morgan fingerprint density at radius 1 is 1.53 bits per heavy atom. The smallest absolute Gasteiger partial charge is 0.109 e. The van der Waals surface area contributed by atoms with Crippen LogP contribution in [0.25, 0.3) is 6.08 Å². The summed E-state index contributed by atoms with van der Waals surface area (Å²) < 4.78 is 19.7. The summed E-state index contributed by atoms with van der Waals surface area (Å²) in [5.41, 5.74) is 0.579. The fourth-order valence-electron chi connectivity index (χ4n) is 1.37. The maximum Gasteiger partial charge on any atom is 0.109 e. The van der Waals surface area contributed by atoms with Gasteiger partial charge in [-0.25, -0.2) is 0 Å². The molecule has 0 bridgehead atoms. The first kappa shape index (κ1) is 10.5. The minimum absolute atomic E-state index is 0.0793. The SMILES string of the molecule is CC1=Cc2ncc(C#N)c(Cl)c2S1(O)O. The van der Waals surface area contributed by atoms with Crippen molar-refractivity contribution in [3.8, 4) is 6.07 Å². The van der Waals surface area contributed by atoms with Crippen LogP contribution in [0.3, 0.4) is 0 Å². The summed E-state index contributed by atoms with van der Waals surface area (Å²) in [5, 5.41) is 8.82. The molecule has 1 aromatic heterocycles. The van der Waals surface area contributed by atoms with E-state index in [1.165, 1.54) is 6.20 Å². The molecule has 0 unspecified atom stereocenters. The molecule has 2 N–H and O–H groups in total. The van der Waals surface area contributed by atoms with Gasteiger partial charge in [0.15, 0.2) is 0 Å². The van der Waals surface area contributed by atoms with Gasteiger partial charge in [0.2, 0.25) is 0 Å². The van der Waals surface area contributed by atoms with E-state index in [1.54, 1.807) is 13.0 Å². The van der Waals surface area contributed by atoms with Gasteiger partial charge < -0.3 is 0 Å². The summed E-state index contributed by atoms with van der Waals surface area (Å²) in [7, 11) is -3.03. The zero-order valence-electron chi connectivity index (χ0n) is 7.73. The highest BCUT2D eigenvalue weighted by Crippen LogP contribution is 2.63. The maximum atomic E-state index is 9.85. The highest BCUT2D eigenvalue weighted by Gasteiger charge is 2.32. The molecule has 6 heteroatoms. The van der Waals surface area contributed by atoms with Crippen LogP contribution in [0.4, 0.5) is 0 Å². The lowest BCUT2D eigenvalue weighted by Gasteiger charge is -2.30. The molecule has 4 nitrogen and oxygen atoms in total. The number of hydrogen-bond donors (Lipinski definition) is 2. The lowest BCUT2D eigenvalue weighted by atomic mass is 10.2. The van der Waals surface area contributed by atoms with Crippen molar-refractivity contribution < 1.29 is 9.11 Å². The van der Waals surface area contributed by atoms with Gasteiger partial charge in [-0.15, -0.1) is 10.6 Å². The highest BCUT2D eigenvalue weighted by atomic mass is 35.5. The molecule has 0 fully saturated rings. The fourth-order valence-corrected chi connectivity index (χ4v) is 3.24. The molecule has 0 aromatic carbocycles. The standard InChI is InChI=1S/C9H7ClN2O2S/c1-5-2-7-9(15(5,13)14)8(10)6(3-11)4-12-7/h2,4,13-14H,1H3. The van der Waals surface area contributed by atoms with Gasteiger partial charge in [-0.3, -0.25) is 14.1 Å². The topological polar surface area (TPSA) is 77.1 Å². The van der Waals surface area contributed by atoms with Crippen LogP contribution in [-0.4, -0.2) is 14.1 Å². The van der Waals surface area contributed by atoms with Gasteiger partial charge in [-0.2, -0.15) is 5.26 Å². The van der Waals surface area contributed by atoms with Crippen molar-refractivity contribution in [3.05, 3.63) is 27.4 Å². The quantitative estimate of drug-likeness (QED) is 0.733. The van der Waals surface area contributed by atoms with Crippen molar-refractivity contribution in [1.29, 1.82) is 5.26 Å². The van der Waals surface area contributed by atoms with Crippen molar-refractivity contribution >= 4 is 28.3 Å². The van der Waals surface area contributed by atoms with Gasteiger partial charge in [-0.1, -0.05) is 11.6 Å². The van der Waals surface area contributed by atoms with E-state index in [1.807, 2.05) is 6.07 Å². The minimum Gasteiger partial charge on any atom is -0.290 e. The molecule has 0 aliphatic carbocycles. The number of fused-ring (bicyclic) bond motifs is 1. The van der Waals surface area contributed by atoms with Crippen LogP contribution in [0.2, 0.25) is 5.02 Å². The highest BCUT2D eigenvalue weighted by molar-refractivity contribution is 8.28. The molecule has 15 heavy (non-hydrogen) atoms. The van der Waals surface area contributed by atoms with E-state index in [0.29, 0.717) is 10.6 Å². The summed E-state index contributed by atoms with van der Waals surface area (Å²) in [6, 6.07) is 1.85. The van der Waals surface area contributed by atoms with Crippen molar-refractivity contribution in [2.45, 2.75) is 11.8 Å². The Labute approximate surface area is 93.2 Å². The molecule has 2 heterocycles. The summed E-state index contributed by atoms with van der Waals surface area (Å²) in [4.78, 5) is 4.54. The number of pyridine rings is 1. The van der Waals surface area contributed by atoms with E-state index >= 15 is 0 Å². The second-order valence-electron chi connectivity index (χ2n) is 3.12. The lowest BCUT2D eigenvalue weighted by Crippen LogP contribution is -1.99. The van der Waals surface area contributed by atoms with Gasteiger partial charge in [0.25, 0.3) is 0 Å². The molecule has 0 saturated carbocycles. The molecule has 78 valence electrons. The molecule has 0 atom stereocenters. The van der Waals surface area contributed by atoms with Crippen molar-refractivity contribution in [2.75, 3.05) is 0 Å². The molecule has 0 amide bonds. The Hall–Kier alpha value is -1.06. The summed E-state index contributed by atoms with van der Waals surface area (Å²) in [6.45, 7) is 1.60. The van der Waals surface area contributed by atoms with E-state index in [9.17, 15) is 9.11 Å². The summed E-state index contributed by atoms with van der Waals surface area (Å²) >= 11 is 5.91. The largest absolute Gasteiger partial charge is 0.290 e. The Morgan fingerprint density at radius 3 is 2.80 bits per heavy atom. The monoisotopic (exact) mass is 242 g/mol. The number of nitrogens with zero attached hydrogens (tertiary/aromatic N) is 2. The Balaban J connectivity index is 2.76. The number of rotatable bonds is 0. The van der Waals surface area contributed by atoms with Crippen LogP contribution in [-0.2, 0) is 0 Å². The van der Waals surface area contributed by atoms with E-state index < -0.39 is 10.6 Å². The Kier molecular flexibility index (Phi) is 2.24. The Morgan fingerprint density at radius 2 is 2.20 bits per heavy atom. The predicted molar refractivity (Wildman–Crippen MR) is 58.7 cm³/mol. The van der Waals surface area contributed by atoms with Crippen LogP contribution in [0, 0.1) is 11.3 Å². The van der Waals surface area contributed by atoms with E-state index in [0.717, 1.165) is 0 Å². The molecule has 1 aromatic rings. The molecular weight excluding hydrogens is 236 g/mol. The number of halogens is 1. The second-order valence-corrected chi connectivity index (χ2v) is 5.64. The van der Waals surface area contributed by atoms with Gasteiger partial charge >= 0.3 is 0 Å². The molecule has 0 radical (unpaired) electrons. The van der Waals surface area contributed by atoms with Crippen molar-refractivity contribution in [3.63, 3.8) is 0 Å². The van der Waals surface area contributed by atoms with Gasteiger partial charge in [0.1, 0.15) is 11.0 Å². The van der Waals surface area contributed by atoms with Crippen LogP contribution in [0.15, 0.2) is 16.0 Å². The predicted octanol–water partition coefficient (Wildman–Crippen LogP) is 3.09. The average Bonchev–Trinajstić information content (AvgIpc) is 2.39. The lowest BCUT2D eigenvalue weighted by molar-refractivity contribution is 0.497. The number of hydrogen-bond acceptors (Lipinski definition) is 4. The van der Waals surface area contributed by atoms with Crippen molar-refractivity contribution in [1.82, 2.24) is 4.98 Å². The van der Waals surface area contributed by atoms with Crippen LogP contribution in [0.5, 0.6) is 0 Å². The number of aromatic nitrogens is 1. The maximum absolute atomic E-state index is 9.85. The summed E-state index contributed by atoms with van der Waals surface area (Å²) in [6.07, 6.45) is 2.89. The van der Waals surface area contributed by atoms with Gasteiger partial charge in [0.05, 0.1) is 16.3 Å². The third-order valence-electron chi connectivity index (χ3n) is 2.20. The van der Waals surface area contributed by atoms with Crippen LogP contribution >= 0.6 is 22.2 Å². The molecule has 0 saturated heterocycles. The van der Waals surface area contributed by atoms with E-state index in [4.69, 9.17) is 16.9 Å². The normalized spacial score (nSPS) is 19.0. The van der Waals surface area contributed by atoms with Gasteiger partial charge in [-0.05, 0) is 13.0 Å². The molecule has 0 spiro atoms. The third-order valence-corrected chi connectivity index (χ3v) is 4.70. The molecular formula is C9H7ClN2O2S. The van der Waals surface area contributed by atoms with E-state index in [2.05, 4.69) is 4.98 Å². The first-order valence-electron chi connectivity index (χ1n) is 4.03. The summed E-state index contributed by atoms with van der Waals surface area (Å²) in [5.74, 6) is 0. The van der Waals surface area contributed by atoms with Crippen LogP contribution in [0.1, 0.15) is 18.2 Å². The molecule has 2 rings (SSSR count). The van der Waals surface area contributed by atoms with E-state index in [-0.39, 0.29) is 15.5 Å².